The molecule has 0 saturated carbocycles. The number of anilines is 1. The zero-order chi connectivity index (χ0) is 27.9. The van der Waals surface area contributed by atoms with E-state index in [1.54, 1.807) is 18.2 Å². The second-order valence-corrected chi connectivity index (χ2v) is 9.51. The second kappa shape index (κ2) is 12.3. The lowest BCUT2D eigenvalue weighted by atomic mass is 9.99. The number of nitrogens with one attached hydrogen (secondary N) is 4. The smallest absolute Gasteiger partial charge is 0.251 e. The highest BCUT2D eigenvalue weighted by Crippen LogP contribution is 2.34. The maximum atomic E-state index is 13.1. The fraction of sp³-hybridized carbons (Fsp3) is 0.0938. The van der Waals surface area contributed by atoms with Crippen LogP contribution in [0.5, 0.6) is 5.88 Å². The molecule has 0 spiro atoms. The minimum Gasteiger partial charge on any atom is -0.494 e. The Bertz CT molecular complexity index is 1680. The molecule has 0 fully saturated rings. The van der Waals surface area contributed by atoms with Crippen molar-refractivity contribution in [3.05, 3.63) is 125 Å². The first-order valence-corrected chi connectivity index (χ1v) is 13.4. The number of benzene rings is 4. The van der Waals surface area contributed by atoms with E-state index in [4.69, 9.17) is 17.2 Å². The summed E-state index contributed by atoms with van der Waals surface area (Å²) < 4.78 is 0. The fourth-order valence-corrected chi connectivity index (χ4v) is 4.68. The molecular weight excluding hydrogens is 518 g/mol. The topological polar surface area (TPSA) is 102 Å². The van der Waals surface area contributed by atoms with E-state index in [2.05, 4.69) is 20.9 Å². The molecule has 200 valence electrons. The summed E-state index contributed by atoms with van der Waals surface area (Å²) in [4.78, 5) is 21.2. The van der Waals surface area contributed by atoms with Crippen LogP contribution in [0, 0.1) is 0 Å². The van der Waals surface area contributed by atoms with Crippen LogP contribution in [0.2, 0.25) is 0 Å². The summed E-state index contributed by atoms with van der Waals surface area (Å²) in [7, 11) is 0. The van der Waals surface area contributed by atoms with Crippen LogP contribution >= 0.6 is 12.2 Å². The number of carbonyl (C=O) groups excluding carboxylic acids is 1. The van der Waals surface area contributed by atoms with Crippen molar-refractivity contribution < 1.29 is 9.90 Å². The van der Waals surface area contributed by atoms with Crippen LogP contribution in [0.4, 0.5) is 11.4 Å². The van der Waals surface area contributed by atoms with Gasteiger partial charge in [0.25, 0.3) is 5.91 Å². The zero-order valence-corrected chi connectivity index (χ0v) is 22.8. The highest BCUT2D eigenvalue weighted by Gasteiger charge is 2.20. The minimum atomic E-state index is -0.206. The summed E-state index contributed by atoms with van der Waals surface area (Å²) in [6.07, 6.45) is 0. The molecule has 0 aliphatic carbocycles. The average Bonchev–Trinajstić information content (AvgIpc) is 3.31. The molecule has 1 heterocycles. The first-order valence-electron chi connectivity index (χ1n) is 13.0. The lowest BCUT2D eigenvalue weighted by Gasteiger charge is -2.13. The molecule has 1 aromatic heterocycles. The van der Waals surface area contributed by atoms with Crippen molar-refractivity contribution in [2.24, 2.45) is 4.99 Å². The van der Waals surface area contributed by atoms with Crippen molar-refractivity contribution in [2.45, 2.75) is 13.5 Å². The van der Waals surface area contributed by atoms with E-state index >= 15 is 0 Å². The largest absolute Gasteiger partial charge is 0.494 e. The number of aliphatic imine (C=N–C) groups is 1. The summed E-state index contributed by atoms with van der Waals surface area (Å²) in [6.45, 7) is 3.08. The summed E-state index contributed by atoms with van der Waals surface area (Å²) >= 11 is 5.40. The van der Waals surface area contributed by atoms with Crippen molar-refractivity contribution >= 4 is 51.2 Å². The van der Waals surface area contributed by atoms with E-state index in [1.165, 1.54) is 0 Å². The average molecular weight is 548 g/mol. The molecule has 40 heavy (non-hydrogen) atoms. The number of nitrogens with zero attached hydrogens (tertiary/aromatic N) is 1. The first-order chi connectivity index (χ1) is 19.5. The molecule has 0 bridgehead atoms. The molecule has 0 radical (unpaired) electrons. The molecular formula is C32H29N5O2S. The molecule has 0 unspecified atom stereocenters. The number of para-hydroxylation sites is 2. The Morgan fingerprint density at radius 3 is 2.33 bits per heavy atom. The van der Waals surface area contributed by atoms with Crippen LogP contribution in [-0.2, 0) is 6.54 Å². The van der Waals surface area contributed by atoms with Crippen LogP contribution in [0.1, 0.15) is 34.0 Å². The molecule has 5 N–H and O–H groups in total. The SMILES string of the molecule is CCNC(=S)Nc1ccccc1N=C(c1ccccc1)c1c(O)[nH]c2ccc(C(=O)NCc3ccccc3)cc12. The Labute approximate surface area is 238 Å². The summed E-state index contributed by atoms with van der Waals surface area (Å²) in [6, 6.07) is 32.3. The monoisotopic (exact) mass is 547 g/mol. The lowest BCUT2D eigenvalue weighted by molar-refractivity contribution is 0.0951. The number of amides is 1. The van der Waals surface area contributed by atoms with Gasteiger partial charge in [0.2, 0.25) is 0 Å². The van der Waals surface area contributed by atoms with Gasteiger partial charge < -0.3 is 26.0 Å². The Balaban J connectivity index is 1.58. The summed E-state index contributed by atoms with van der Waals surface area (Å²) in [5, 5.41) is 21.6. The number of aromatic amines is 1. The van der Waals surface area contributed by atoms with Gasteiger partial charge in [0, 0.05) is 35.1 Å². The van der Waals surface area contributed by atoms with Gasteiger partial charge in [0.15, 0.2) is 11.0 Å². The Kier molecular flexibility index (Phi) is 8.18. The van der Waals surface area contributed by atoms with Gasteiger partial charge in [0.1, 0.15) is 0 Å². The molecule has 0 aliphatic heterocycles. The van der Waals surface area contributed by atoms with Crippen LogP contribution < -0.4 is 16.0 Å². The molecule has 5 rings (SSSR count). The number of aromatic hydroxyl groups is 1. The van der Waals surface area contributed by atoms with Gasteiger partial charge in [-0.05, 0) is 55.0 Å². The van der Waals surface area contributed by atoms with Crippen LogP contribution in [-0.4, -0.2) is 33.4 Å². The van der Waals surface area contributed by atoms with Gasteiger partial charge in [-0.25, -0.2) is 4.99 Å². The van der Waals surface area contributed by atoms with Crippen molar-refractivity contribution in [2.75, 3.05) is 11.9 Å². The zero-order valence-electron chi connectivity index (χ0n) is 21.9. The van der Waals surface area contributed by atoms with E-state index in [0.29, 0.717) is 51.6 Å². The first kappa shape index (κ1) is 26.6. The third-order valence-corrected chi connectivity index (χ3v) is 6.59. The number of H-pyrrole nitrogens is 1. The Morgan fingerprint density at radius 2 is 1.57 bits per heavy atom. The number of rotatable bonds is 8. The number of hydrogen-bond acceptors (Lipinski definition) is 4. The van der Waals surface area contributed by atoms with E-state index in [0.717, 1.165) is 16.8 Å². The lowest BCUT2D eigenvalue weighted by Crippen LogP contribution is -2.27. The second-order valence-electron chi connectivity index (χ2n) is 9.11. The highest BCUT2D eigenvalue weighted by atomic mass is 32.1. The maximum Gasteiger partial charge on any atom is 0.251 e. The minimum absolute atomic E-state index is 0.0342. The van der Waals surface area contributed by atoms with Gasteiger partial charge in [0.05, 0.1) is 22.6 Å². The predicted octanol–water partition coefficient (Wildman–Crippen LogP) is 6.28. The van der Waals surface area contributed by atoms with E-state index in [1.807, 2.05) is 91.9 Å². The van der Waals surface area contributed by atoms with E-state index in [-0.39, 0.29) is 11.8 Å². The molecule has 4 aromatic carbocycles. The van der Waals surface area contributed by atoms with Gasteiger partial charge in [-0.2, -0.15) is 0 Å². The molecule has 8 heteroatoms. The molecule has 5 aromatic rings. The third kappa shape index (κ3) is 6.03. The van der Waals surface area contributed by atoms with Crippen molar-refractivity contribution in [1.29, 1.82) is 0 Å². The summed E-state index contributed by atoms with van der Waals surface area (Å²) in [5.41, 5.74) is 5.41. The molecule has 0 atom stereocenters. The van der Waals surface area contributed by atoms with Crippen LogP contribution in [0.3, 0.4) is 0 Å². The standard InChI is InChI=1S/C32H29N5O2S/c1-2-33-32(40)37-27-16-10-9-15-26(27)35-29(22-13-7-4-8-14-22)28-24-19-23(17-18-25(24)36-31(28)39)30(38)34-20-21-11-5-3-6-12-21/h3-19,36,39H,2,20H2,1H3,(H,34,38)(H2,33,37,40). The van der Waals surface area contributed by atoms with Crippen molar-refractivity contribution in [3.8, 4) is 5.88 Å². The highest BCUT2D eigenvalue weighted by molar-refractivity contribution is 7.80. The normalized spacial score (nSPS) is 11.3. The van der Waals surface area contributed by atoms with Crippen molar-refractivity contribution in [1.82, 2.24) is 15.6 Å². The predicted molar refractivity (Wildman–Crippen MR) is 166 cm³/mol. The Morgan fingerprint density at radius 1 is 0.875 bits per heavy atom. The van der Waals surface area contributed by atoms with Gasteiger partial charge in [-0.15, -0.1) is 0 Å². The Hall–Kier alpha value is -4.95. The molecule has 1 amide bonds. The number of carbonyl (C=O) groups is 1. The van der Waals surface area contributed by atoms with E-state index in [9.17, 15) is 9.90 Å². The quantitative estimate of drug-likeness (QED) is 0.116. The van der Waals surface area contributed by atoms with Gasteiger partial charge >= 0.3 is 0 Å². The molecule has 0 saturated heterocycles. The summed E-state index contributed by atoms with van der Waals surface area (Å²) in [5.74, 6) is -0.241. The fourth-order valence-electron chi connectivity index (χ4n) is 4.42. The van der Waals surface area contributed by atoms with Crippen molar-refractivity contribution in [3.63, 3.8) is 0 Å². The number of hydrogen-bond donors (Lipinski definition) is 5. The van der Waals surface area contributed by atoms with Gasteiger partial charge in [-0.3, -0.25) is 4.79 Å². The third-order valence-electron chi connectivity index (χ3n) is 6.34. The number of fused-ring (bicyclic) bond motifs is 1. The molecule has 7 nitrogen and oxygen atoms in total. The van der Waals surface area contributed by atoms with Gasteiger partial charge in [-0.1, -0.05) is 72.8 Å². The maximum absolute atomic E-state index is 13.1. The van der Waals surface area contributed by atoms with Crippen LogP contribution in [0.15, 0.2) is 108 Å². The van der Waals surface area contributed by atoms with Crippen LogP contribution in [0.25, 0.3) is 10.9 Å². The van der Waals surface area contributed by atoms with E-state index < -0.39 is 0 Å². The number of aromatic nitrogens is 1. The number of thiocarbonyl (C=S) groups is 1. The molecule has 0 aliphatic rings.